The van der Waals surface area contributed by atoms with Crippen LogP contribution in [0.4, 0.5) is 5.00 Å². The van der Waals surface area contributed by atoms with Gasteiger partial charge in [-0.15, -0.1) is 11.3 Å². The summed E-state index contributed by atoms with van der Waals surface area (Å²) in [5, 5.41) is 3.15. The number of likely N-dealkylation sites (tertiary alicyclic amines) is 1. The molecule has 8 heteroatoms. The van der Waals surface area contributed by atoms with Crippen LogP contribution in [0, 0.1) is 16.7 Å². The molecule has 1 aromatic rings. The highest BCUT2D eigenvalue weighted by atomic mass is 32.1. The number of imide groups is 1. The lowest BCUT2D eigenvalue weighted by Gasteiger charge is -2.47. The molecule has 0 aromatic carbocycles. The van der Waals surface area contributed by atoms with Crippen molar-refractivity contribution in [2.24, 2.45) is 22.5 Å². The summed E-state index contributed by atoms with van der Waals surface area (Å²) in [6.45, 7) is 5.48. The zero-order valence-electron chi connectivity index (χ0n) is 16.4. The maximum absolute atomic E-state index is 13.1. The molecule has 2 fully saturated rings. The van der Waals surface area contributed by atoms with Crippen molar-refractivity contribution in [1.82, 2.24) is 4.90 Å². The number of nitrogens with zero attached hydrogens (tertiary/aromatic N) is 1. The van der Waals surface area contributed by atoms with Gasteiger partial charge in [0.2, 0.25) is 17.7 Å². The highest BCUT2D eigenvalue weighted by Gasteiger charge is 2.64. The van der Waals surface area contributed by atoms with E-state index < -0.39 is 22.6 Å². The van der Waals surface area contributed by atoms with Crippen LogP contribution in [-0.4, -0.2) is 35.1 Å². The number of nitrogens with one attached hydrogen (secondary N) is 1. The van der Waals surface area contributed by atoms with Gasteiger partial charge in [0.1, 0.15) is 11.5 Å². The van der Waals surface area contributed by atoms with Crippen molar-refractivity contribution in [2.75, 3.05) is 11.9 Å². The lowest BCUT2D eigenvalue weighted by Crippen LogP contribution is -2.60. The van der Waals surface area contributed by atoms with Crippen molar-refractivity contribution in [1.29, 1.82) is 0 Å². The van der Waals surface area contributed by atoms with Crippen LogP contribution in [0.3, 0.4) is 0 Å². The number of primary amides is 1. The topological polar surface area (TPSA) is 110 Å². The Bertz CT molecular complexity index is 919. The molecule has 1 aliphatic heterocycles. The number of fused-ring (bicyclic) bond motifs is 3. The first-order valence-corrected chi connectivity index (χ1v) is 10.5. The fourth-order valence-corrected chi connectivity index (χ4v) is 6.42. The number of hydrogen-bond acceptors (Lipinski definition) is 5. The van der Waals surface area contributed by atoms with E-state index in [-0.39, 0.29) is 24.3 Å². The Kier molecular flexibility index (Phi) is 4.19. The molecule has 2 atom stereocenters. The number of thiophene rings is 1. The molecule has 2 aliphatic carbocycles. The molecule has 2 heterocycles. The standard InChI is InChI=1S/C20H25N3O4S/c1-19(2)11-7-8-20(19,3)18(27)23(17(11)26)9-13(24)22-16-14(15(21)25)10-5-4-6-12(10)28-16/h11H,4-9H2,1-3H3,(H2,21,25)(H,22,24). The van der Waals surface area contributed by atoms with E-state index in [4.69, 9.17) is 5.73 Å². The lowest BCUT2D eigenvalue weighted by atomic mass is 9.62. The Labute approximate surface area is 167 Å². The third-order valence-corrected chi connectivity index (χ3v) is 8.44. The molecule has 4 rings (SSSR count). The number of anilines is 1. The Morgan fingerprint density at radius 1 is 1.25 bits per heavy atom. The third-order valence-electron chi connectivity index (χ3n) is 7.23. The maximum Gasteiger partial charge on any atom is 0.251 e. The molecule has 0 spiro atoms. The van der Waals surface area contributed by atoms with E-state index in [0.717, 1.165) is 34.6 Å². The van der Waals surface area contributed by atoms with E-state index in [1.807, 2.05) is 20.8 Å². The van der Waals surface area contributed by atoms with Gasteiger partial charge in [-0.3, -0.25) is 24.1 Å². The van der Waals surface area contributed by atoms with Gasteiger partial charge in [-0.25, -0.2) is 0 Å². The molecule has 2 unspecified atom stereocenters. The van der Waals surface area contributed by atoms with Crippen LogP contribution in [0.1, 0.15) is 60.8 Å². The molecule has 1 aromatic heterocycles. The van der Waals surface area contributed by atoms with Gasteiger partial charge in [0.25, 0.3) is 5.91 Å². The van der Waals surface area contributed by atoms with Crippen LogP contribution < -0.4 is 11.1 Å². The van der Waals surface area contributed by atoms with Gasteiger partial charge in [-0.05, 0) is 43.1 Å². The van der Waals surface area contributed by atoms with Crippen LogP contribution in [0.25, 0.3) is 0 Å². The number of rotatable bonds is 4. The minimum atomic E-state index is -0.644. The predicted molar refractivity (Wildman–Crippen MR) is 105 cm³/mol. The number of nitrogens with two attached hydrogens (primary N) is 1. The zero-order valence-corrected chi connectivity index (χ0v) is 17.2. The van der Waals surface area contributed by atoms with Gasteiger partial charge >= 0.3 is 0 Å². The molecule has 0 radical (unpaired) electrons. The molecule has 28 heavy (non-hydrogen) atoms. The van der Waals surface area contributed by atoms with Crippen molar-refractivity contribution in [3.8, 4) is 0 Å². The van der Waals surface area contributed by atoms with Gasteiger partial charge in [0.05, 0.1) is 11.0 Å². The van der Waals surface area contributed by atoms with Crippen molar-refractivity contribution >= 4 is 40.0 Å². The number of carbonyl (C=O) groups is 4. The fraction of sp³-hybridized carbons (Fsp3) is 0.600. The Morgan fingerprint density at radius 3 is 2.64 bits per heavy atom. The van der Waals surface area contributed by atoms with Gasteiger partial charge in [0.15, 0.2) is 0 Å². The van der Waals surface area contributed by atoms with Crippen molar-refractivity contribution in [2.45, 2.75) is 52.9 Å². The van der Waals surface area contributed by atoms with Crippen LogP contribution >= 0.6 is 11.3 Å². The van der Waals surface area contributed by atoms with E-state index in [0.29, 0.717) is 23.4 Å². The second-order valence-corrected chi connectivity index (χ2v) is 9.95. The van der Waals surface area contributed by atoms with Crippen LogP contribution in [-0.2, 0) is 27.2 Å². The zero-order chi connectivity index (χ0) is 20.4. The first-order chi connectivity index (χ1) is 13.1. The number of piperidine rings is 1. The van der Waals surface area contributed by atoms with Gasteiger partial charge in [-0.2, -0.15) is 0 Å². The predicted octanol–water partition coefficient (Wildman–Crippen LogP) is 2.09. The van der Waals surface area contributed by atoms with E-state index in [9.17, 15) is 19.2 Å². The molecule has 3 aliphatic rings. The lowest BCUT2D eigenvalue weighted by molar-refractivity contribution is -0.168. The van der Waals surface area contributed by atoms with E-state index in [2.05, 4.69) is 5.32 Å². The summed E-state index contributed by atoms with van der Waals surface area (Å²) in [5.74, 6) is -1.85. The highest BCUT2D eigenvalue weighted by Crippen LogP contribution is 2.60. The van der Waals surface area contributed by atoms with Crippen molar-refractivity contribution in [3.05, 3.63) is 16.0 Å². The summed E-state index contributed by atoms with van der Waals surface area (Å²) in [6, 6.07) is 0. The minimum absolute atomic E-state index is 0.255. The van der Waals surface area contributed by atoms with Crippen molar-refractivity contribution < 1.29 is 19.2 Å². The van der Waals surface area contributed by atoms with E-state index in [1.54, 1.807) is 0 Å². The summed E-state index contributed by atoms with van der Waals surface area (Å²) in [7, 11) is 0. The second-order valence-electron chi connectivity index (χ2n) is 8.85. The fourth-order valence-electron chi connectivity index (χ4n) is 5.11. The summed E-state index contributed by atoms with van der Waals surface area (Å²) >= 11 is 1.36. The van der Waals surface area contributed by atoms with Gasteiger partial charge in [-0.1, -0.05) is 20.8 Å². The minimum Gasteiger partial charge on any atom is -0.365 e. The average Bonchev–Trinajstić information content (AvgIpc) is 3.21. The molecular weight excluding hydrogens is 378 g/mol. The summed E-state index contributed by atoms with van der Waals surface area (Å²) < 4.78 is 0. The summed E-state index contributed by atoms with van der Waals surface area (Å²) in [4.78, 5) is 52.7. The monoisotopic (exact) mass is 403 g/mol. The molecule has 3 N–H and O–H groups in total. The van der Waals surface area contributed by atoms with Crippen molar-refractivity contribution in [3.63, 3.8) is 0 Å². The molecule has 150 valence electrons. The molecular formula is C20H25N3O4S. The number of carbonyl (C=O) groups excluding carboxylic acids is 4. The summed E-state index contributed by atoms with van der Waals surface area (Å²) in [6.07, 6.45) is 3.93. The van der Waals surface area contributed by atoms with Crippen LogP contribution in [0.5, 0.6) is 0 Å². The normalized spacial score (nSPS) is 27.8. The molecule has 1 saturated carbocycles. The number of aryl methyl sites for hydroxylation is 1. The van der Waals surface area contributed by atoms with E-state index in [1.165, 1.54) is 11.3 Å². The average molecular weight is 404 g/mol. The second kappa shape index (κ2) is 6.14. The summed E-state index contributed by atoms with van der Waals surface area (Å²) in [5.41, 5.74) is 5.76. The van der Waals surface area contributed by atoms with Gasteiger partial charge in [0, 0.05) is 10.8 Å². The number of hydrogen-bond donors (Lipinski definition) is 2. The Balaban J connectivity index is 1.55. The van der Waals surface area contributed by atoms with Crippen LogP contribution in [0.2, 0.25) is 0 Å². The van der Waals surface area contributed by atoms with Crippen LogP contribution in [0.15, 0.2) is 0 Å². The molecule has 2 bridgehead atoms. The quantitative estimate of drug-likeness (QED) is 0.750. The first-order valence-electron chi connectivity index (χ1n) is 9.68. The highest BCUT2D eigenvalue weighted by molar-refractivity contribution is 7.17. The first kappa shape index (κ1) is 19.1. The Hall–Kier alpha value is -2.22. The largest absolute Gasteiger partial charge is 0.365 e. The molecule has 7 nitrogen and oxygen atoms in total. The van der Waals surface area contributed by atoms with Gasteiger partial charge < -0.3 is 11.1 Å². The third kappa shape index (κ3) is 2.46. The Morgan fingerprint density at radius 2 is 1.96 bits per heavy atom. The number of amides is 4. The maximum atomic E-state index is 13.1. The smallest absolute Gasteiger partial charge is 0.251 e. The molecule has 4 amide bonds. The SMILES string of the molecule is CC12CCC(C(=O)N(CC(=O)Nc3sc4c(c3C(N)=O)CCC4)C1=O)C2(C)C. The molecule has 1 saturated heterocycles. The van der Waals surface area contributed by atoms with E-state index >= 15 is 0 Å².